The van der Waals surface area contributed by atoms with E-state index in [-0.39, 0.29) is 10.7 Å². The predicted octanol–water partition coefficient (Wildman–Crippen LogP) is 4.20. The molecule has 136 valence electrons. The number of hydrogen-bond acceptors (Lipinski definition) is 3. The summed E-state index contributed by atoms with van der Waals surface area (Å²) in [6.45, 7) is 2.12. The molecule has 0 unspecified atom stereocenters. The third kappa shape index (κ3) is 4.14. The summed E-state index contributed by atoms with van der Waals surface area (Å²) in [5.41, 5.74) is 1.03. The summed E-state index contributed by atoms with van der Waals surface area (Å²) in [6, 6.07) is 11.9. The van der Waals surface area contributed by atoms with Gasteiger partial charge in [0.1, 0.15) is 11.5 Å². The zero-order valence-electron chi connectivity index (χ0n) is 14.6. The first-order valence-corrected chi connectivity index (χ1v) is 8.98. The van der Waals surface area contributed by atoms with E-state index in [2.05, 4.69) is 9.89 Å². The number of nitro benzene ring substituents is 1. The molecule has 1 fully saturated rings. The molecule has 0 bridgehead atoms. The van der Waals surface area contributed by atoms with E-state index in [0.29, 0.717) is 11.5 Å². The summed E-state index contributed by atoms with van der Waals surface area (Å²) in [5.74, 6) is 2.13. The highest BCUT2D eigenvalue weighted by molar-refractivity contribution is 6.32. The Morgan fingerprint density at radius 2 is 1.85 bits per heavy atom. The lowest BCUT2D eigenvalue weighted by Crippen LogP contribution is -2.35. The van der Waals surface area contributed by atoms with Crippen molar-refractivity contribution in [3.63, 3.8) is 0 Å². The van der Waals surface area contributed by atoms with E-state index in [1.54, 1.807) is 0 Å². The number of halogens is 1. The number of nitro groups is 1. The largest absolute Gasteiger partial charge is 0.456 e. The van der Waals surface area contributed by atoms with Crippen LogP contribution in [0.5, 0.6) is 11.5 Å². The Bertz CT molecular complexity index is 826. The molecule has 0 saturated carbocycles. The number of non-ortho nitro benzene ring substituents is 1. The van der Waals surface area contributed by atoms with E-state index in [1.807, 2.05) is 31.3 Å². The summed E-state index contributed by atoms with van der Waals surface area (Å²) >= 11 is 6.08. The number of benzene rings is 2. The van der Waals surface area contributed by atoms with E-state index < -0.39 is 4.92 Å². The molecule has 7 heteroatoms. The number of amidine groups is 1. The normalized spacial score (nSPS) is 14.0. The summed E-state index contributed by atoms with van der Waals surface area (Å²) < 4.78 is 8.13. The summed E-state index contributed by atoms with van der Waals surface area (Å²) in [6.07, 6.45) is 3.71. The highest BCUT2D eigenvalue weighted by atomic mass is 35.5. The van der Waals surface area contributed by atoms with Crippen molar-refractivity contribution in [1.82, 2.24) is 5.32 Å². The zero-order valence-corrected chi connectivity index (χ0v) is 15.3. The van der Waals surface area contributed by atoms with Gasteiger partial charge in [-0.3, -0.25) is 20.0 Å². The molecule has 0 radical (unpaired) electrons. The van der Waals surface area contributed by atoms with E-state index in [0.717, 1.165) is 24.5 Å². The van der Waals surface area contributed by atoms with Gasteiger partial charge in [-0.05, 0) is 49.6 Å². The Balaban J connectivity index is 1.78. The molecule has 2 aromatic carbocycles. The molecule has 6 nitrogen and oxygen atoms in total. The first-order valence-electron chi connectivity index (χ1n) is 8.60. The zero-order chi connectivity index (χ0) is 18.5. The lowest BCUT2D eigenvalue weighted by molar-refractivity contribution is -0.538. The van der Waals surface area contributed by atoms with Gasteiger partial charge in [0.05, 0.1) is 35.6 Å². The van der Waals surface area contributed by atoms with Gasteiger partial charge in [-0.2, -0.15) is 0 Å². The van der Waals surface area contributed by atoms with Crippen LogP contribution in [0.15, 0.2) is 42.5 Å². The van der Waals surface area contributed by atoms with Gasteiger partial charge in [-0.1, -0.05) is 11.6 Å². The van der Waals surface area contributed by atoms with Crippen LogP contribution >= 0.6 is 11.6 Å². The minimum Gasteiger partial charge on any atom is -0.456 e. The molecule has 0 spiro atoms. The van der Waals surface area contributed by atoms with Gasteiger partial charge in [-0.25, -0.2) is 0 Å². The van der Waals surface area contributed by atoms with Crippen LogP contribution in [0.3, 0.4) is 0 Å². The van der Waals surface area contributed by atoms with Crippen LogP contribution in [0.25, 0.3) is 0 Å². The van der Waals surface area contributed by atoms with Crippen molar-refractivity contribution in [1.29, 1.82) is 0 Å². The second kappa shape index (κ2) is 8.19. The molecule has 0 aromatic heterocycles. The van der Waals surface area contributed by atoms with Gasteiger partial charge >= 0.3 is 0 Å². The molecule has 1 N–H and O–H groups in total. The van der Waals surface area contributed by atoms with Crippen molar-refractivity contribution in [2.75, 3.05) is 20.1 Å². The lowest BCUT2D eigenvalue weighted by atomic mass is 10.1. The van der Waals surface area contributed by atoms with Gasteiger partial charge in [-0.15, -0.1) is 0 Å². The Hall–Kier alpha value is -2.60. The highest BCUT2D eigenvalue weighted by Gasteiger charge is 2.17. The molecule has 2 aromatic rings. The Morgan fingerprint density at radius 3 is 2.42 bits per heavy atom. The number of nitrogens with zero attached hydrogens (tertiary/aromatic N) is 2. The van der Waals surface area contributed by atoms with Crippen molar-refractivity contribution in [3.05, 3.63) is 63.2 Å². The average molecular weight is 375 g/mol. The topological polar surface area (TPSA) is 67.4 Å². The average Bonchev–Trinajstić information content (AvgIpc) is 2.66. The molecular weight excluding hydrogens is 354 g/mol. The number of rotatable bonds is 4. The smallest absolute Gasteiger partial charge is 0.276 e. The van der Waals surface area contributed by atoms with Crippen molar-refractivity contribution in [2.24, 2.45) is 0 Å². The maximum atomic E-state index is 10.8. The number of hydrogen-bond donors (Lipinski definition) is 1. The van der Waals surface area contributed by atoms with Gasteiger partial charge in [0, 0.05) is 12.1 Å². The Morgan fingerprint density at radius 1 is 1.15 bits per heavy atom. The van der Waals surface area contributed by atoms with Crippen LogP contribution in [0.2, 0.25) is 5.02 Å². The van der Waals surface area contributed by atoms with Crippen LogP contribution in [-0.4, -0.2) is 35.5 Å². The predicted molar refractivity (Wildman–Crippen MR) is 102 cm³/mol. The molecule has 3 rings (SSSR count). The van der Waals surface area contributed by atoms with Crippen LogP contribution in [0.1, 0.15) is 24.8 Å². The van der Waals surface area contributed by atoms with Crippen molar-refractivity contribution in [3.8, 4) is 11.5 Å². The van der Waals surface area contributed by atoms with Gasteiger partial charge in [0.2, 0.25) is 0 Å². The molecule has 1 saturated heterocycles. The van der Waals surface area contributed by atoms with Crippen LogP contribution < -0.4 is 10.1 Å². The SMILES string of the molecule is CNC(c1ccc(Oc2ccc([N+](=O)[O-])cc2Cl)cc1)=[N+]1CCCCC1. The lowest BCUT2D eigenvalue weighted by Gasteiger charge is -2.16. The van der Waals surface area contributed by atoms with Crippen LogP contribution in [0, 0.1) is 10.1 Å². The van der Waals surface area contributed by atoms with Crippen LogP contribution in [-0.2, 0) is 0 Å². The Kier molecular flexibility index (Phi) is 5.73. The fourth-order valence-corrected chi connectivity index (χ4v) is 3.31. The fourth-order valence-electron chi connectivity index (χ4n) is 3.10. The fraction of sp³-hybridized carbons (Fsp3) is 0.316. The minimum atomic E-state index is -0.486. The molecule has 1 aliphatic rings. The summed E-state index contributed by atoms with van der Waals surface area (Å²) in [7, 11) is 1.94. The standard InChI is InChI=1S/C19H20ClN3O3/c1-21-19(22-11-3-2-4-12-22)14-5-8-16(9-6-14)26-18-10-7-15(23(24)25)13-17(18)20/h5-10,13H,2-4,11-12H2,1H3/p+1. The molecular formula is C19H21ClN3O3+. The third-order valence-corrected chi connectivity index (χ3v) is 4.69. The molecule has 26 heavy (non-hydrogen) atoms. The number of piperidine rings is 1. The maximum Gasteiger partial charge on any atom is 0.276 e. The van der Waals surface area contributed by atoms with Gasteiger partial charge < -0.3 is 4.74 Å². The summed E-state index contributed by atoms with van der Waals surface area (Å²) in [4.78, 5) is 10.3. The number of ether oxygens (including phenoxy) is 1. The molecule has 1 heterocycles. The van der Waals surface area contributed by atoms with Crippen molar-refractivity contribution >= 4 is 23.1 Å². The van der Waals surface area contributed by atoms with E-state index >= 15 is 0 Å². The summed E-state index contributed by atoms with van der Waals surface area (Å²) in [5, 5.41) is 14.3. The minimum absolute atomic E-state index is 0.0625. The van der Waals surface area contributed by atoms with Gasteiger partial charge in [0.25, 0.3) is 11.5 Å². The Labute approximate surface area is 157 Å². The third-order valence-electron chi connectivity index (χ3n) is 4.39. The molecule has 0 atom stereocenters. The monoisotopic (exact) mass is 374 g/mol. The second-order valence-electron chi connectivity index (χ2n) is 6.14. The van der Waals surface area contributed by atoms with E-state index in [4.69, 9.17) is 16.3 Å². The van der Waals surface area contributed by atoms with Crippen molar-refractivity contribution < 1.29 is 14.2 Å². The molecule has 1 aliphatic heterocycles. The maximum absolute atomic E-state index is 10.8. The number of nitrogens with one attached hydrogen (secondary N) is 1. The van der Waals surface area contributed by atoms with E-state index in [9.17, 15) is 10.1 Å². The quantitative estimate of drug-likeness (QED) is 0.377. The van der Waals surface area contributed by atoms with Crippen LogP contribution in [0.4, 0.5) is 5.69 Å². The first-order chi connectivity index (χ1) is 12.6. The highest BCUT2D eigenvalue weighted by Crippen LogP contribution is 2.32. The van der Waals surface area contributed by atoms with Gasteiger partial charge in [0.15, 0.2) is 0 Å². The first kappa shape index (κ1) is 18.2. The molecule has 0 aliphatic carbocycles. The van der Waals surface area contributed by atoms with E-state index in [1.165, 1.54) is 37.5 Å². The second-order valence-corrected chi connectivity index (χ2v) is 6.55. The van der Waals surface area contributed by atoms with Crippen molar-refractivity contribution in [2.45, 2.75) is 19.3 Å². The molecule has 0 amide bonds.